The molecule has 15 heavy (non-hydrogen) atoms. The van der Waals surface area contributed by atoms with Crippen LogP contribution in [0.4, 0.5) is 0 Å². The number of hydrogen-bond donors (Lipinski definition) is 0. The molecule has 2 rings (SSSR count). The monoisotopic (exact) mass is 206 g/mol. The van der Waals surface area contributed by atoms with Crippen LogP contribution in [0, 0.1) is 16.7 Å². The topological polar surface area (TPSA) is 17.1 Å². The van der Waals surface area contributed by atoms with Gasteiger partial charge in [-0.05, 0) is 26.7 Å². The molecule has 84 valence electrons. The van der Waals surface area contributed by atoms with Crippen molar-refractivity contribution in [2.24, 2.45) is 16.7 Å². The number of ketones is 1. The highest BCUT2D eigenvalue weighted by molar-refractivity contribution is 5.94. The van der Waals surface area contributed by atoms with Crippen molar-refractivity contribution in [1.82, 2.24) is 0 Å². The number of carbonyl (C=O) groups excluding carboxylic acids is 1. The summed E-state index contributed by atoms with van der Waals surface area (Å²) in [5.41, 5.74) is 2.82. The standard InChI is InChI=1S/C14H22O/c1-9(2)11-10-7-6-8-14(11,5)13(3,4)12(10)15/h10H,6-8H2,1-5H3. The lowest BCUT2D eigenvalue weighted by Crippen LogP contribution is -2.35. The van der Waals surface area contributed by atoms with E-state index >= 15 is 0 Å². The van der Waals surface area contributed by atoms with E-state index in [9.17, 15) is 4.79 Å². The van der Waals surface area contributed by atoms with E-state index in [0.717, 1.165) is 6.42 Å². The molecule has 2 fully saturated rings. The minimum atomic E-state index is -0.152. The molecule has 2 aliphatic carbocycles. The molecule has 2 unspecified atom stereocenters. The van der Waals surface area contributed by atoms with Crippen molar-refractivity contribution < 1.29 is 4.79 Å². The Hall–Kier alpha value is -0.590. The van der Waals surface area contributed by atoms with Crippen LogP contribution in [0.25, 0.3) is 0 Å². The van der Waals surface area contributed by atoms with Gasteiger partial charge >= 0.3 is 0 Å². The van der Waals surface area contributed by atoms with Crippen LogP contribution >= 0.6 is 0 Å². The van der Waals surface area contributed by atoms with Gasteiger partial charge in [0.1, 0.15) is 5.78 Å². The molecule has 2 atom stereocenters. The third kappa shape index (κ3) is 1.12. The number of rotatable bonds is 0. The van der Waals surface area contributed by atoms with Crippen LogP contribution in [-0.4, -0.2) is 5.78 Å². The van der Waals surface area contributed by atoms with Gasteiger partial charge in [0.25, 0.3) is 0 Å². The highest BCUT2D eigenvalue weighted by Gasteiger charge is 2.60. The number of fused-ring (bicyclic) bond motifs is 2. The predicted octanol–water partition coefficient (Wildman–Crippen LogP) is 3.74. The molecule has 0 heterocycles. The molecule has 1 heteroatoms. The van der Waals surface area contributed by atoms with Crippen molar-refractivity contribution in [3.63, 3.8) is 0 Å². The molecule has 2 aliphatic rings. The number of carbonyl (C=O) groups is 1. The Morgan fingerprint density at radius 3 is 2.27 bits per heavy atom. The summed E-state index contributed by atoms with van der Waals surface area (Å²) in [5, 5.41) is 0. The lowest BCUT2D eigenvalue weighted by molar-refractivity contribution is -0.129. The molecular weight excluding hydrogens is 184 g/mol. The van der Waals surface area contributed by atoms with Gasteiger partial charge in [-0.15, -0.1) is 0 Å². The first-order valence-corrected chi connectivity index (χ1v) is 6.04. The van der Waals surface area contributed by atoms with Crippen LogP contribution in [0.5, 0.6) is 0 Å². The fourth-order valence-corrected chi connectivity index (χ4v) is 3.84. The lowest BCUT2D eigenvalue weighted by Gasteiger charge is -2.40. The van der Waals surface area contributed by atoms with Gasteiger partial charge in [-0.1, -0.05) is 38.3 Å². The summed E-state index contributed by atoms with van der Waals surface area (Å²) < 4.78 is 0. The lowest BCUT2D eigenvalue weighted by atomic mass is 9.62. The molecule has 0 aliphatic heterocycles. The van der Waals surface area contributed by atoms with Gasteiger partial charge in [-0.2, -0.15) is 0 Å². The van der Waals surface area contributed by atoms with E-state index in [4.69, 9.17) is 0 Å². The van der Waals surface area contributed by atoms with Gasteiger partial charge in [0.2, 0.25) is 0 Å². The van der Waals surface area contributed by atoms with Crippen LogP contribution in [0.2, 0.25) is 0 Å². The second-order valence-electron chi connectivity index (χ2n) is 6.18. The SMILES string of the molecule is CC(C)=C1C2CCCC1(C)C(C)(C)C2=O. The second-order valence-corrected chi connectivity index (χ2v) is 6.18. The summed E-state index contributed by atoms with van der Waals surface area (Å²) in [5.74, 6) is 0.724. The first-order valence-electron chi connectivity index (χ1n) is 6.04. The maximum absolute atomic E-state index is 12.4. The van der Waals surface area contributed by atoms with E-state index in [0.29, 0.717) is 5.78 Å². The van der Waals surface area contributed by atoms with E-state index < -0.39 is 0 Å². The zero-order chi connectivity index (χ0) is 11.4. The quantitative estimate of drug-likeness (QED) is 0.552. The minimum Gasteiger partial charge on any atom is -0.298 e. The highest BCUT2D eigenvalue weighted by atomic mass is 16.1. The molecule has 0 aromatic heterocycles. The van der Waals surface area contributed by atoms with Crippen LogP contribution in [0.1, 0.15) is 53.9 Å². The van der Waals surface area contributed by atoms with Crippen molar-refractivity contribution in [3.05, 3.63) is 11.1 Å². The summed E-state index contributed by atoms with van der Waals surface area (Å²) >= 11 is 0. The van der Waals surface area contributed by atoms with Crippen molar-refractivity contribution in [1.29, 1.82) is 0 Å². The van der Waals surface area contributed by atoms with Crippen molar-refractivity contribution in [3.8, 4) is 0 Å². The van der Waals surface area contributed by atoms with E-state index in [1.54, 1.807) is 0 Å². The van der Waals surface area contributed by atoms with E-state index in [1.807, 2.05) is 0 Å². The third-order valence-corrected chi connectivity index (χ3v) is 4.96. The Morgan fingerprint density at radius 1 is 1.27 bits per heavy atom. The van der Waals surface area contributed by atoms with E-state index in [2.05, 4.69) is 34.6 Å². The third-order valence-electron chi connectivity index (χ3n) is 4.96. The molecule has 0 saturated heterocycles. The molecule has 0 aromatic carbocycles. The summed E-state index contributed by atoms with van der Waals surface area (Å²) in [6.45, 7) is 10.9. The van der Waals surface area contributed by atoms with Crippen LogP contribution in [-0.2, 0) is 4.79 Å². The molecule has 0 aromatic rings. The highest BCUT2D eigenvalue weighted by Crippen LogP contribution is 2.63. The van der Waals surface area contributed by atoms with Gasteiger partial charge in [-0.3, -0.25) is 4.79 Å². The fraction of sp³-hybridized carbons (Fsp3) is 0.786. The maximum atomic E-state index is 12.4. The normalized spacial score (nSPS) is 38.3. The minimum absolute atomic E-state index is 0.131. The van der Waals surface area contributed by atoms with Crippen molar-refractivity contribution in [2.75, 3.05) is 0 Å². The van der Waals surface area contributed by atoms with Crippen molar-refractivity contribution >= 4 is 5.78 Å². The molecule has 0 spiro atoms. The second kappa shape index (κ2) is 2.96. The Morgan fingerprint density at radius 2 is 1.87 bits per heavy atom. The Kier molecular flexibility index (Phi) is 2.15. The summed E-state index contributed by atoms with van der Waals surface area (Å²) in [6, 6.07) is 0. The molecule has 0 amide bonds. The summed E-state index contributed by atoms with van der Waals surface area (Å²) in [4.78, 5) is 12.4. The Bertz CT molecular complexity index is 344. The average Bonchev–Trinajstić information content (AvgIpc) is 2.22. The van der Waals surface area contributed by atoms with Crippen LogP contribution in [0.3, 0.4) is 0 Å². The smallest absolute Gasteiger partial charge is 0.146 e. The number of Topliss-reactive ketones (excluding diaryl/α,β-unsaturated/α-hetero) is 1. The van der Waals surface area contributed by atoms with Gasteiger partial charge in [0.15, 0.2) is 0 Å². The number of hydrogen-bond acceptors (Lipinski definition) is 1. The summed E-state index contributed by atoms with van der Waals surface area (Å²) in [6.07, 6.45) is 3.48. The van der Waals surface area contributed by atoms with Gasteiger partial charge in [0, 0.05) is 16.7 Å². The maximum Gasteiger partial charge on any atom is 0.146 e. The average molecular weight is 206 g/mol. The zero-order valence-corrected chi connectivity index (χ0v) is 10.6. The first kappa shape index (κ1) is 10.9. The molecule has 0 N–H and O–H groups in total. The van der Waals surface area contributed by atoms with Gasteiger partial charge in [-0.25, -0.2) is 0 Å². The molecular formula is C14H22O. The fourth-order valence-electron chi connectivity index (χ4n) is 3.84. The zero-order valence-electron chi connectivity index (χ0n) is 10.6. The molecule has 2 saturated carbocycles. The van der Waals surface area contributed by atoms with E-state index in [1.165, 1.54) is 24.0 Å². The molecule has 1 nitrogen and oxygen atoms in total. The summed E-state index contributed by atoms with van der Waals surface area (Å²) in [7, 11) is 0. The van der Waals surface area contributed by atoms with Crippen LogP contribution < -0.4 is 0 Å². The van der Waals surface area contributed by atoms with Gasteiger partial charge < -0.3 is 0 Å². The Labute approximate surface area is 92.9 Å². The molecule has 2 bridgehead atoms. The van der Waals surface area contributed by atoms with E-state index in [-0.39, 0.29) is 16.7 Å². The Balaban J connectivity index is 2.65. The van der Waals surface area contributed by atoms with Crippen LogP contribution in [0.15, 0.2) is 11.1 Å². The predicted molar refractivity (Wildman–Crippen MR) is 62.6 cm³/mol. The van der Waals surface area contributed by atoms with Gasteiger partial charge in [0.05, 0.1) is 0 Å². The largest absolute Gasteiger partial charge is 0.298 e. The van der Waals surface area contributed by atoms with Crippen molar-refractivity contribution in [2.45, 2.75) is 53.9 Å². The number of allylic oxidation sites excluding steroid dienone is 2. The first-order chi connectivity index (χ1) is 6.82. The molecule has 0 radical (unpaired) electrons.